The maximum Gasteiger partial charge on any atom is 0.249 e. The lowest BCUT2D eigenvalue weighted by Gasteiger charge is -2.13. The number of nitrogens with one attached hydrogen (secondary N) is 1. The standard InChI is InChI=1S/C16H16N2O/c1-18(15-10-6-3-7-11-15)13-12-16(19)17-14-8-4-2-5-9-14/h2-13H,1H3,(H,17,19)/b13-12+. The van der Waals surface area contributed by atoms with Crippen LogP contribution in [0.4, 0.5) is 11.4 Å². The highest BCUT2D eigenvalue weighted by atomic mass is 16.1. The van der Waals surface area contributed by atoms with Gasteiger partial charge >= 0.3 is 0 Å². The highest BCUT2D eigenvalue weighted by molar-refractivity contribution is 5.99. The van der Waals surface area contributed by atoms with E-state index >= 15 is 0 Å². The van der Waals surface area contributed by atoms with E-state index in [-0.39, 0.29) is 5.91 Å². The SMILES string of the molecule is CN(/C=C/C(=O)Nc1ccccc1)c1ccccc1. The second-order valence-electron chi connectivity index (χ2n) is 4.12. The van der Waals surface area contributed by atoms with Gasteiger partial charge in [0.15, 0.2) is 0 Å². The average Bonchev–Trinajstić information content (AvgIpc) is 2.47. The zero-order valence-corrected chi connectivity index (χ0v) is 10.8. The first-order chi connectivity index (χ1) is 9.25. The molecule has 2 rings (SSSR count). The van der Waals surface area contributed by atoms with Crippen LogP contribution in [0.5, 0.6) is 0 Å². The topological polar surface area (TPSA) is 32.3 Å². The van der Waals surface area contributed by atoms with Gasteiger partial charge in [0.1, 0.15) is 0 Å². The molecule has 2 aromatic carbocycles. The fourth-order valence-electron chi connectivity index (χ4n) is 1.63. The van der Waals surface area contributed by atoms with Gasteiger partial charge in [0, 0.05) is 30.7 Å². The van der Waals surface area contributed by atoms with Crippen LogP contribution >= 0.6 is 0 Å². The Morgan fingerprint density at radius 1 is 1.00 bits per heavy atom. The Labute approximate surface area is 113 Å². The Morgan fingerprint density at radius 2 is 1.58 bits per heavy atom. The third-order valence-corrected chi connectivity index (χ3v) is 2.65. The summed E-state index contributed by atoms with van der Waals surface area (Å²) in [5.41, 5.74) is 1.82. The molecule has 0 bridgehead atoms. The van der Waals surface area contributed by atoms with E-state index in [0.717, 1.165) is 11.4 Å². The summed E-state index contributed by atoms with van der Waals surface area (Å²) in [6.45, 7) is 0. The van der Waals surface area contributed by atoms with Gasteiger partial charge in [-0.05, 0) is 24.3 Å². The minimum absolute atomic E-state index is 0.144. The van der Waals surface area contributed by atoms with Gasteiger partial charge in [0.05, 0.1) is 0 Å². The van der Waals surface area contributed by atoms with E-state index in [2.05, 4.69) is 5.32 Å². The van der Waals surface area contributed by atoms with E-state index < -0.39 is 0 Å². The summed E-state index contributed by atoms with van der Waals surface area (Å²) in [5.74, 6) is -0.144. The van der Waals surface area contributed by atoms with Gasteiger partial charge in [0.2, 0.25) is 5.91 Å². The number of hydrogen-bond acceptors (Lipinski definition) is 2. The second-order valence-corrected chi connectivity index (χ2v) is 4.12. The van der Waals surface area contributed by atoms with E-state index in [0.29, 0.717) is 0 Å². The van der Waals surface area contributed by atoms with Crippen LogP contribution in [0.3, 0.4) is 0 Å². The summed E-state index contributed by atoms with van der Waals surface area (Å²) in [7, 11) is 1.90. The monoisotopic (exact) mass is 252 g/mol. The maximum atomic E-state index is 11.7. The molecule has 0 aliphatic carbocycles. The minimum Gasteiger partial charge on any atom is -0.351 e. The van der Waals surface area contributed by atoms with Crippen LogP contribution in [-0.4, -0.2) is 13.0 Å². The van der Waals surface area contributed by atoms with Gasteiger partial charge < -0.3 is 10.2 Å². The summed E-state index contributed by atoms with van der Waals surface area (Å²) in [6, 6.07) is 19.2. The fraction of sp³-hybridized carbons (Fsp3) is 0.0625. The Balaban J connectivity index is 1.94. The van der Waals surface area contributed by atoms with Crippen molar-refractivity contribution in [2.75, 3.05) is 17.3 Å². The molecule has 3 nitrogen and oxygen atoms in total. The van der Waals surface area contributed by atoms with Crippen molar-refractivity contribution < 1.29 is 4.79 Å². The number of carbonyl (C=O) groups is 1. The van der Waals surface area contributed by atoms with Crippen molar-refractivity contribution in [3.8, 4) is 0 Å². The van der Waals surface area contributed by atoms with Crippen molar-refractivity contribution in [3.63, 3.8) is 0 Å². The van der Waals surface area contributed by atoms with Crippen molar-refractivity contribution in [2.24, 2.45) is 0 Å². The molecule has 0 radical (unpaired) electrons. The number of nitrogens with zero attached hydrogens (tertiary/aromatic N) is 1. The first-order valence-electron chi connectivity index (χ1n) is 6.08. The molecule has 0 aromatic heterocycles. The molecule has 1 N–H and O–H groups in total. The summed E-state index contributed by atoms with van der Waals surface area (Å²) in [5, 5.41) is 2.80. The van der Waals surface area contributed by atoms with Crippen molar-refractivity contribution >= 4 is 17.3 Å². The molecule has 96 valence electrons. The molecule has 0 saturated carbocycles. The first kappa shape index (κ1) is 12.9. The summed E-state index contributed by atoms with van der Waals surface area (Å²) >= 11 is 0. The van der Waals surface area contributed by atoms with Crippen LogP contribution in [0.25, 0.3) is 0 Å². The fourth-order valence-corrected chi connectivity index (χ4v) is 1.63. The molecule has 19 heavy (non-hydrogen) atoms. The zero-order chi connectivity index (χ0) is 13.5. The van der Waals surface area contributed by atoms with Crippen LogP contribution in [0.1, 0.15) is 0 Å². The average molecular weight is 252 g/mol. The Hall–Kier alpha value is -2.55. The van der Waals surface area contributed by atoms with E-state index in [1.165, 1.54) is 6.08 Å². The number of hydrogen-bond donors (Lipinski definition) is 1. The molecule has 0 aliphatic rings. The molecular weight excluding hydrogens is 236 g/mol. The Morgan fingerprint density at radius 3 is 2.21 bits per heavy atom. The number of carbonyl (C=O) groups excluding carboxylic acids is 1. The third-order valence-electron chi connectivity index (χ3n) is 2.65. The van der Waals surface area contributed by atoms with E-state index in [9.17, 15) is 4.79 Å². The molecular formula is C16H16N2O. The second kappa shape index (κ2) is 6.40. The van der Waals surface area contributed by atoms with Crippen molar-refractivity contribution in [1.29, 1.82) is 0 Å². The number of amides is 1. The highest BCUT2D eigenvalue weighted by Gasteiger charge is 1.98. The third kappa shape index (κ3) is 4.00. The molecule has 0 spiro atoms. The Kier molecular flexibility index (Phi) is 4.34. The van der Waals surface area contributed by atoms with Gasteiger partial charge in [-0.3, -0.25) is 4.79 Å². The van der Waals surface area contributed by atoms with Crippen LogP contribution < -0.4 is 10.2 Å². The number of rotatable bonds is 4. The normalized spacial score (nSPS) is 10.4. The van der Waals surface area contributed by atoms with E-state index in [1.54, 1.807) is 6.20 Å². The first-order valence-corrected chi connectivity index (χ1v) is 6.08. The summed E-state index contributed by atoms with van der Waals surface area (Å²) < 4.78 is 0. The summed E-state index contributed by atoms with van der Waals surface area (Å²) in [4.78, 5) is 13.6. The highest BCUT2D eigenvalue weighted by Crippen LogP contribution is 2.11. The molecule has 3 heteroatoms. The molecule has 2 aromatic rings. The molecule has 0 aliphatic heterocycles. The van der Waals surface area contributed by atoms with E-state index in [4.69, 9.17) is 0 Å². The molecule has 0 unspecified atom stereocenters. The number of anilines is 2. The summed E-state index contributed by atoms with van der Waals surface area (Å²) in [6.07, 6.45) is 3.26. The molecule has 1 amide bonds. The van der Waals surface area contributed by atoms with Crippen LogP contribution in [0.15, 0.2) is 72.9 Å². The van der Waals surface area contributed by atoms with Crippen LogP contribution in [0, 0.1) is 0 Å². The minimum atomic E-state index is -0.144. The van der Waals surface area contributed by atoms with Gasteiger partial charge in [0.25, 0.3) is 0 Å². The lowest BCUT2D eigenvalue weighted by molar-refractivity contribution is -0.111. The van der Waals surface area contributed by atoms with Gasteiger partial charge in [-0.25, -0.2) is 0 Å². The van der Waals surface area contributed by atoms with E-state index in [1.807, 2.05) is 72.6 Å². The zero-order valence-electron chi connectivity index (χ0n) is 10.8. The van der Waals surface area contributed by atoms with Gasteiger partial charge in [-0.1, -0.05) is 36.4 Å². The predicted molar refractivity (Wildman–Crippen MR) is 79.1 cm³/mol. The van der Waals surface area contributed by atoms with Crippen molar-refractivity contribution in [1.82, 2.24) is 0 Å². The van der Waals surface area contributed by atoms with Gasteiger partial charge in [-0.15, -0.1) is 0 Å². The molecule has 0 fully saturated rings. The van der Waals surface area contributed by atoms with Crippen molar-refractivity contribution in [2.45, 2.75) is 0 Å². The quantitative estimate of drug-likeness (QED) is 0.847. The van der Waals surface area contributed by atoms with Crippen molar-refractivity contribution in [3.05, 3.63) is 72.9 Å². The van der Waals surface area contributed by atoms with Crippen LogP contribution in [-0.2, 0) is 4.79 Å². The van der Waals surface area contributed by atoms with Crippen LogP contribution in [0.2, 0.25) is 0 Å². The largest absolute Gasteiger partial charge is 0.351 e. The lowest BCUT2D eigenvalue weighted by Crippen LogP contribution is -2.12. The number of benzene rings is 2. The predicted octanol–water partition coefficient (Wildman–Crippen LogP) is 3.28. The van der Waals surface area contributed by atoms with Gasteiger partial charge in [-0.2, -0.15) is 0 Å². The maximum absolute atomic E-state index is 11.7. The molecule has 0 heterocycles. The Bertz CT molecular complexity index is 549. The smallest absolute Gasteiger partial charge is 0.249 e. The lowest BCUT2D eigenvalue weighted by atomic mass is 10.3. The molecule has 0 atom stereocenters. The number of para-hydroxylation sites is 2. The molecule has 0 saturated heterocycles.